The van der Waals surface area contributed by atoms with Gasteiger partial charge in [0.25, 0.3) is 0 Å². The van der Waals surface area contributed by atoms with Gasteiger partial charge in [0.1, 0.15) is 7.14 Å². The Bertz CT molecular complexity index is 2520. The van der Waals surface area contributed by atoms with Gasteiger partial charge in [-0.3, -0.25) is 0 Å². The minimum absolute atomic E-state index is 0.698. The smallest absolute Gasteiger partial charge is 0.160 e. The SMILES string of the molecule is CP1(=O)c2ccccc2-c2ccc(-c3ccc4ccccc4c3-c3ccc(-c4cc(-c5ccccc5)nc(-c5ccccc5)n4)cc3)cc21. The number of rotatable bonds is 5. The van der Waals surface area contributed by atoms with Gasteiger partial charge in [0.15, 0.2) is 5.82 Å². The van der Waals surface area contributed by atoms with E-state index in [1.165, 1.54) is 10.8 Å². The van der Waals surface area contributed by atoms with Gasteiger partial charge in [-0.25, -0.2) is 9.97 Å². The van der Waals surface area contributed by atoms with Crippen LogP contribution in [0.4, 0.5) is 0 Å². The fourth-order valence-corrected chi connectivity index (χ4v) is 9.51. The molecule has 0 saturated carbocycles. The molecular weight excluding hydrogens is 615 g/mol. The molecule has 1 aliphatic heterocycles. The largest absolute Gasteiger partial charge is 0.314 e. The van der Waals surface area contributed by atoms with E-state index >= 15 is 0 Å². The summed E-state index contributed by atoms with van der Waals surface area (Å²) in [4.78, 5) is 10.0. The van der Waals surface area contributed by atoms with E-state index in [9.17, 15) is 4.57 Å². The standard InChI is InChI=1S/C45H31N2OP/c1-49(48)42-19-11-10-18-38(42)39-27-25-35(28-43(39)49)37-26-24-30-12-8-9-17-36(30)44(37)33-22-20-32(21-23-33)41-29-40(31-13-4-2-5-14-31)46-45(47-41)34-15-6-3-7-16-34/h2-29H,1H3. The summed E-state index contributed by atoms with van der Waals surface area (Å²) in [7, 11) is -2.71. The van der Waals surface area contributed by atoms with Crippen LogP contribution in [-0.2, 0) is 4.57 Å². The van der Waals surface area contributed by atoms with Gasteiger partial charge in [-0.1, -0.05) is 158 Å². The van der Waals surface area contributed by atoms with Crippen molar-refractivity contribution >= 4 is 28.5 Å². The van der Waals surface area contributed by atoms with E-state index in [1.807, 2.05) is 73.4 Å². The maximum atomic E-state index is 14.2. The Balaban J connectivity index is 1.18. The Labute approximate surface area is 286 Å². The van der Waals surface area contributed by atoms with Crippen LogP contribution in [-0.4, -0.2) is 16.6 Å². The van der Waals surface area contributed by atoms with Crippen LogP contribution in [0.25, 0.3) is 78.1 Å². The third kappa shape index (κ3) is 5.03. The molecule has 4 heteroatoms. The second kappa shape index (κ2) is 11.7. The normalized spacial score (nSPS) is 14.8. The highest BCUT2D eigenvalue weighted by atomic mass is 31.2. The van der Waals surface area contributed by atoms with Crippen LogP contribution in [0.15, 0.2) is 170 Å². The summed E-state index contributed by atoms with van der Waals surface area (Å²) in [6.07, 6.45) is 0. The Morgan fingerprint density at radius 2 is 0.980 bits per heavy atom. The molecule has 1 atom stereocenters. The lowest BCUT2D eigenvalue weighted by Crippen LogP contribution is -2.08. The van der Waals surface area contributed by atoms with Crippen molar-refractivity contribution in [1.82, 2.24) is 9.97 Å². The molecule has 0 N–H and O–H groups in total. The van der Waals surface area contributed by atoms with Gasteiger partial charge in [-0.05, 0) is 63.0 Å². The van der Waals surface area contributed by atoms with Crippen LogP contribution < -0.4 is 10.6 Å². The van der Waals surface area contributed by atoms with Gasteiger partial charge >= 0.3 is 0 Å². The Hall–Kier alpha value is -5.89. The zero-order valence-electron chi connectivity index (χ0n) is 26.9. The van der Waals surface area contributed by atoms with Gasteiger partial charge in [0.05, 0.1) is 11.4 Å². The van der Waals surface area contributed by atoms with Crippen molar-refractivity contribution in [2.75, 3.05) is 6.66 Å². The van der Waals surface area contributed by atoms with Crippen molar-refractivity contribution in [3.63, 3.8) is 0 Å². The predicted octanol–water partition coefficient (Wildman–Crippen LogP) is 10.9. The van der Waals surface area contributed by atoms with Crippen molar-refractivity contribution in [3.05, 3.63) is 170 Å². The molecular formula is C45H31N2OP. The van der Waals surface area contributed by atoms with Gasteiger partial charge in [-0.2, -0.15) is 0 Å². The summed E-state index contributed by atoms with van der Waals surface area (Å²) in [6.45, 7) is 1.90. The lowest BCUT2D eigenvalue weighted by atomic mass is 9.88. The minimum Gasteiger partial charge on any atom is -0.314 e. The van der Waals surface area contributed by atoms with E-state index in [2.05, 4.69) is 103 Å². The molecule has 0 amide bonds. The average Bonchev–Trinajstić information content (AvgIpc) is 3.40. The zero-order chi connectivity index (χ0) is 33.0. The molecule has 2 heterocycles. The summed E-state index contributed by atoms with van der Waals surface area (Å²) in [6, 6.07) is 58.7. The van der Waals surface area contributed by atoms with E-state index in [0.29, 0.717) is 5.82 Å². The number of fused-ring (bicyclic) bond motifs is 4. The predicted molar refractivity (Wildman–Crippen MR) is 205 cm³/mol. The van der Waals surface area contributed by atoms with Crippen molar-refractivity contribution in [2.24, 2.45) is 0 Å². The highest BCUT2D eigenvalue weighted by molar-refractivity contribution is 7.79. The molecule has 1 aliphatic rings. The number of benzene rings is 7. The Morgan fingerprint density at radius 3 is 1.73 bits per heavy atom. The molecule has 7 aromatic carbocycles. The number of nitrogens with zero attached hydrogens (tertiary/aromatic N) is 2. The van der Waals surface area contributed by atoms with Crippen LogP contribution in [0.3, 0.4) is 0 Å². The summed E-state index contributed by atoms with van der Waals surface area (Å²) < 4.78 is 14.2. The first-order valence-corrected chi connectivity index (χ1v) is 18.6. The van der Waals surface area contributed by atoms with E-state index in [1.54, 1.807) is 0 Å². The van der Waals surface area contributed by atoms with Crippen LogP contribution in [0.1, 0.15) is 0 Å². The minimum atomic E-state index is -2.71. The molecule has 1 aromatic heterocycles. The van der Waals surface area contributed by atoms with Crippen molar-refractivity contribution in [3.8, 4) is 67.3 Å². The Morgan fingerprint density at radius 1 is 0.429 bits per heavy atom. The average molecular weight is 647 g/mol. The molecule has 0 fully saturated rings. The van der Waals surface area contributed by atoms with Gasteiger partial charge in [-0.15, -0.1) is 0 Å². The van der Waals surface area contributed by atoms with Crippen LogP contribution >= 0.6 is 7.14 Å². The maximum Gasteiger partial charge on any atom is 0.160 e. The van der Waals surface area contributed by atoms with Crippen molar-refractivity contribution in [1.29, 1.82) is 0 Å². The summed E-state index contributed by atoms with van der Waals surface area (Å²) in [5, 5.41) is 4.24. The molecule has 8 aromatic rings. The molecule has 0 bridgehead atoms. The third-order valence-electron chi connectivity index (χ3n) is 9.65. The van der Waals surface area contributed by atoms with E-state index < -0.39 is 7.14 Å². The maximum absolute atomic E-state index is 14.2. The molecule has 232 valence electrons. The topological polar surface area (TPSA) is 42.9 Å². The summed E-state index contributed by atoms with van der Waals surface area (Å²) in [5.41, 5.74) is 11.4. The van der Waals surface area contributed by atoms with E-state index in [-0.39, 0.29) is 0 Å². The molecule has 0 saturated heterocycles. The molecule has 3 nitrogen and oxygen atoms in total. The van der Waals surface area contributed by atoms with Gasteiger partial charge in [0, 0.05) is 27.3 Å². The highest BCUT2D eigenvalue weighted by Crippen LogP contribution is 2.51. The van der Waals surface area contributed by atoms with Crippen molar-refractivity contribution in [2.45, 2.75) is 0 Å². The second-order valence-electron chi connectivity index (χ2n) is 12.7. The molecule has 0 radical (unpaired) electrons. The zero-order valence-corrected chi connectivity index (χ0v) is 27.8. The highest BCUT2D eigenvalue weighted by Gasteiger charge is 2.34. The second-order valence-corrected chi connectivity index (χ2v) is 15.5. The number of aromatic nitrogens is 2. The molecule has 1 unspecified atom stereocenters. The fraction of sp³-hybridized carbons (Fsp3) is 0.0222. The lowest BCUT2D eigenvalue weighted by molar-refractivity contribution is 0.591. The van der Waals surface area contributed by atoms with Crippen LogP contribution in [0, 0.1) is 0 Å². The van der Waals surface area contributed by atoms with Crippen molar-refractivity contribution < 1.29 is 4.57 Å². The lowest BCUT2D eigenvalue weighted by Gasteiger charge is -2.16. The first-order valence-electron chi connectivity index (χ1n) is 16.5. The fourth-order valence-electron chi connectivity index (χ4n) is 7.18. The molecule has 49 heavy (non-hydrogen) atoms. The van der Waals surface area contributed by atoms with Gasteiger partial charge < -0.3 is 4.57 Å². The van der Waals surface area contributed by atoms with Crippen LogP contribution in [0.2, 0.25) is 0 Å². The Kier molecular flexibility index (Phi) is 6.97. The van der Waals surface area contributed by atoms with Gasteiger partial charge in [0.2, 0.25) is 0 Å². The quantitative estimate of drug-likeness (QED) is 0.175. The first-order chi connectivity index (χ1) is 24.0. The van der Waals surface area contributed by atoms with Crippen LogP contribution in [0.5, 0.6) is 0 Å². The number of hydrogen-bond acceptors (Lipinski definition) is 3. The molecule has 9 rings (SSSR count). The number of hydrogen-bond donors (Lipinski definition) is 0. The van der Waals surface area contributed by atoms with E-state index in [0.717, 1.165) is 72.1 Å². The van der Waals surface area contributed by atoms with E-state index in [4.69, 9.17) is 9.97 Å². The first kappa shape index (κ1) is 29.3. The molecule has 0 spiro atoms. The summed E-state index contributed by atoms with van der Waals surface area (Å²) in [5.74, 6) is 0.698. The third-order valence-corrected chi connectivity index (χ3v) is 12.2. The molecule has 0 aliphatic carbocycles. The summed E-state index contributed by atoms with van der Waals surface area (Å²) >= 11 is 0. The monoisotopic (exact) mass is 646 g/mol.